The van der Waals surface area contributed by atoms with E-state index in [1.165, 1.54) is 11.3 Å². The van der Waals surface area contributed by atoms with Crippen LogP contribution in [0.15, 0.2) is 36.5 Å². The van der Waals surface area contributed by atoms with E-state index in [0.717, 1.165) is 50.4 Å². The van der Waals surface area contributed by atoms with E-state index in [2.05, 4.69) is 16.9 Å². The number of carbonyl (C=O) groups excluding carboxylic acids is 1. The second-order valence-corrected chi connectivity index (χ2v) is 7.59. The molecule has 0 bridgehead atoms. The molecule has 2 aliphatic rings. The van der Waals surface area contributed by atoms with E-state index in [9.17, 15) is 4.79 Å². The SMILES string of the molecule is C[C@@H](C(=O)N1CC[C@H](c2ncc3c(n2)CCN(C)C3)C1)c1ccccc1. The van der Waals surface area contributed by atoms with Crippen LogP contribution in [-0.2, 0) is 17.8 Å². The lowest BCUT2D eigenvalue weighted by Crippen LogP contribution is -2.32. The van der Waals surface area contributed by atoms with Crippen molar-refractivity contribution in [3.8, 4) is 0 Å². The topological polar surface area (TPSA) is 49.3 Å². The molecule has 0 saturated carbocycles. The summed E-state index contributed by atoms with van der Waals surface area (Å²) in [5.74, 6) is 1.27. The van der Waals surface area contributed by atoms with Crippen molar-refractivity contribution in [2.24, 2.45) is 0 Å². The van der Waals surface area contributed by atoms with Gasteiger partial charge in [0.05, 0.1) is 5.92 Å². The van der Waals surface area contributed by atoms with Crippen molar-refractivity contribution in [3.63, 3.8) is 0 Å². The van der Waals surface area contributed by atoms with Crippen molar-refractivity contribution in [1.29, 1.82) is 0 Å². The van der Waals surface area contributed by atoms with E-state index in [4.69, 9.17) is 4.98 Å². The molecule has 1 amide bonds. The summed E-state index contributed by atoms with van der Waals surface area (Å²) in [5.41, 5.74) is 3.51. The third kappa shape index (κ3) is 3.36. The van der Waals surface area contributed by atoms with Gasteiger partial charge < -0.3 is 9.80 Å². The van der Waals surface area contributed by atoms with Crippen LogP contribution in [0.5, 0.6) is 0 Å². The quantitative estimate of drug-likeness (QED) is 0.854. The Morgan fingerprint density at radius 2 is 2.04 bits per heavy atom. The van der Waals surface area contributed by atoms with Gasteiger partial charge in [0.25, 0.3) is 0 Å². The zero-order valence-electron chi connectivity index (χ0n) is 15.6. The first kappa shape index (κ1) is 17.2. The molecule has 1 aromatic heterocycles. The minimum atomic E-state index is -0.102. The van der Waals surface area contributed by atoms with Crippen molar-refractivity contribution in [2.45, 2.75) is 38.1 Å². The van der Waals surface area contributed by atoms with Gasteiger partial charge in [0.2, 0.25) is 5.91 Å². The summed E-state index contributed by atoms with van der Waals surface area (Å²) in [6.45, 7) is 5.50. The van der Waals surface area contributed by atoms with Crippen molar-refractivity contribution in [3.05, 3.63) is 59.2 Å². The normalized spacial score (nSPS) is 21.5. The van der Waals surface area contributed by atoms with Crippen LogP contribution in [0.25, 0.3) is 0 Å². The maximum Gasteiger partial charge on any atom is 0.229 e. The van der Waals surface area contributed by atoms with Crippen LogP contribution >= 0.6 is 0 Å². The lowest BCUT2D eigenvalue weighted by atomic mass is 10.00. The summed E-state index contributed by atoms with van der Waals surface area (Å²) in [7, 11) is 2.13. The van der Waals surface area contributed by atoms with Gasteiger partial charge in [-0.15, -0.1) is 0 Å². The number of carbonyl (C=O) groups is 1. The van der Waals surface area contributed by atoms with Crippen LogP contribution in [0.3, 0.4) is 0 Å². The Bertz CT molecular complexity index is 792. The zero-order valence-corrected chi connectivity index (χ0v) is 15.6. The molecule has 0 N–H and O–H groups in total. The molecule has 0 spiro atoms. The predicted octanol–water partition coefficient (Wildman–Crippen LogP) is 2.58. The molecule has 0 unspecified atom stereocenters. The highest BCUT2D eigenvalue weighted by Gasteiger charge is 2.32. The van der Waals surface area contributed by atoms with Gasteiger partial charge in [0.1, 0.15) is 5.82 Å². The van der Waals surface area contributed by atoms with E-state index in [1.807, 2.05) is 48.4 Å². The average Bonchev–Trinajstić information content (AvgIpc) is 3.17. The first-order chi connectivity index (χ1) is 12.6. The van der Waals surface area contributed by atoms with E-state index < -0.39 is 0 Å². The van der Waals surface area contributed by atoms with Crippen LogP contribution in [-0.4, -0.2) is 52.4 Å². The first-order valence-electron chi connectivity index (χ1n) is 9.49. The summed E-state index contributed by atoms with van der Waals surface area (Å²) < 4.78 is 0. The van der Waals surface area contributed by atoms with Gasteiger partial charge in [-0.25, -0.2) is 9.97 Å². The van der Waals surface area contributed by atoms with E-state index in [1.54, 1.807) is 0 Å². The number of rotatable bonds is 3. The number of hydrogen-bond acceptors (Lipinski definition) is 4. The number of nitrogens with zero attached hydrogens (tertiary/aromatic N) is 4. The van der Waals surface area contributed by atoms with Crippen LogP contribution in [0.1, 0.15) is 47.8 Å². The molecular formula is C21H26N4O. The van der Waals surface area contributed by atoms with Crippen LogP contribution in [0, 0.1) is 0 Å². The Balaban J connectivity index is 1.44. The maximum absolute atomic E-state index is 12.9. The first-order valence-corrected chi connectivity index (χ1v) is 9.49. The molecule has 1 aromatic carbocycles. The molecule has 3 heterocycles. The maximum atomic E-state index is 12.9. The molecule has 4 rings (SSSR count). The van der Waals surface area contributed by atoms with Gasteiger partial charge >= 0.3 is 0 Å². The molecule has 2 aromatic rings. The van der Waals surface area contributed by atoms with Crippen LogP contribution in [0.4, 0.5) is 0 Å². The lowest BCUT2D eigenvalue weighted by Gasteiger charge is -2.24. The molecule has 5 heteroatoms. The minimum Gasteiger partial charge on any atom is -0.341 e. The lowest BCUT2D eigenvalue weighted by molar-refractivity contribution is -0.131. The highest BCUT2D eigenvalue weighted by Crippen LogP contribution is 2.29. The standard InChI is InChI=1S/C21H26N4O/c1-15(16-6-4-3-5-7-16)21(26)25-11-8-17(14-25)20-22-12-18-13-24(2)10-9-19(18)23-20/h3-7,12,15,17H,8-11,13-14H2,1-2H3/t15-,17+/m1/s1. The summed E-state index contributed by atoms with van der Waals surface area (Å²) in [4.78, 5) is 26.6. The number of hydrogen-bond donors (Lipinski definition) is 0. The van der Waals surface area contributed by atoms with Gasteiger partial charge in [-0.05, 0) is 26.0 Å². The van der Waals surface area contributed by atoms with Gasteiger partial charge in [-0.2, -0.15) is 0 Å². The molecule has 2 atom stereocenters. The number of likely N-dealkylation sites (tertiary alicyclic amines) is 1. The number of likely N-dealkylation sites (N-methyl/N-ethyl adjacent to an activating group) is 1. The van der Waals surface area contributed by atoms with Crippen LogP contribution < -0.4 is 0 Å². The molecule has 0 aliphatic carbocycles. The predicted molar refractivity (Wildman–Crippen MR) is 101 cm³/mol. The Labute approximate surface area is 155 Å². The molecule has 26 heavy (non-hydrogen) atoms. The van der Waals surface area contributed by atoms with Gasteiger partial charge in [0, 0.05) is 56.0 Å². The van der Waals surface area contributed by atoms with Gasteiger partial charge in [-0.3, -0.25) is 4.79 Å². The van der Waals surface area contributed by atoms with Crippen LogP contribution in [0.2, 0.25) is 0 Å². The minimum absolute atomic E-state index is 0.102. The molecule has 1 saturated heterocycles. The monoisotopic (exact) mass is 350 g/mol. The fraction of sp³-hybridized carbons (Fsp3) is 0.476. The summed E-state index contributed by atoms with van der Waals surface area (Å²) in [5, 5.41) is 0. The molecule has 1 fully saturated rings. The number of fused-ring (bicyclic) bond motifs is 1. The fourth-order valence-electron chi connectivity index (χ4n) is 4.00. The van der Waals surface area contributed by atoms with E-state index in [0.29, 0.717) is 0 Å². The Kier molecular flexibility index (Phi) is 4.72. The van der Waals surface area contributed by atoms with Crippen molar-refractivity contribution >= 4 is 5.91 Å². The fourth-order valence-corrected chi connectivity index (χ4v) is 4.00. The zero-order chi connectivity index (χ0) is 18.1. The van der Waals surface area contributed by atoms with Crippen molar-refractivity contribution < 1.29 is 4.79 Å². The van der Waals surface area contributed by atoms with E-state index >= 15 is 0 Å². The van der Waals surface area contributed by atoms with Gasteiger partial charge in [0.15, 0.2) is 0 Å². The van der Waals surface area contributed by atoms with E-state index in [-0.39, 0.29) is 17.7 Å². The van der Waals surface area contributed by atoms with Gasteiger partial charge in [-0.1, -0.05) is 30.3 Å². The Hall–Kier alpha value is -2.27. The number of amides is 1. The number of benzene rings is 1. The van der Waals surface area contributed by atoms with Crippen molar-refractivity contribution in [1.82, 2.24) is 19.8 Å². The Morgan fingerprint density at radius 3 is 2.85 bits per heavy atom. The molecule has 136 valence electrons. The summed E-state index contributed by atoms with van der Waals surface area (Å²) in [6.07, 6.45) is 3.93. The highest BCUT2D eigenvalue weighted by molar-refractivity contribution is 5.83. The second-order valence-electron chi connectivity index (χ2n) is 7.59. The largest absolute Gasteiger partial charge is 0.341 e. The molecule has 2 aliphatic heterocycles. The highest BCUT2D eigenvalue weighted by atomic mass is 16.2. The molecule has 0 radical (unpaired) electrons. The smallest absolute Gasteiger partial charge is 0.229 e. The van der Waals surface area contributed by atoms with Crippen molar-refractivity contribution in [2.75, 3.05) is 26.7 Å². The molecule has 5 nitrogen and oxygen atoms in total. The summed E-state index contributed by atoms with van der Waals surface area (Å²) >= 11 is 0. The third-order valence-corrected chi connectivity index (χ3v) is 5.68. The Morgan fingerprint density at radius 1 is 1.23 bits per heavy atom. The number of aromatic nitrogens is 2. The third-order valence-electron chi connectivity index (χ3n) is 5.68. The second kappa shape index (κ2) is 7.16. The average molecular weight is 350 g/mol. The molecular weight excluding hydrogens is 324 g/mol. The summed E-state index contributed by atoms with van der Waals surface area (Å²) in [6, 6.07) is 10.0.